The molecule has 1 N–H and O–H groups in total. The summed E-state index contributed by atoms with van der Waals surface area (Å²) in [5, 5.41) is 2.72. The smallest absolute Gasteiger partial charge is 0.387 e. The summed E-state index contributed by atoms with van der Waals surface area (Å²) in [5.74, 6) is -1.21. The van der Waals surface area contributed by atoms with Gasteiger partial charge >= 0.3 is 6.61 Å². The molecule has 6 nitrogen and oxygen atoms in total. The van der Waals surface area contributed by atoms with Gasteiger partial charge in [-0.25, -0.2) is 0 Å². The van der Waals surface area contributed by atoms with E-state index < -0.39 is 24.5 Å². The number of rotatable bonds is 7. The van der Waals surface area contributed by atoms with Crippen molar-refractivity contribution in [3.63, 3.8) is 0 Å². The monoisotopic (exact) mass is 388 g/mol. The van der Waals surface area contributed by atoms with E-state index in [0.717, 1.165) is 4.90 Å². The first-order valence-electron chi connectivity index (χ1n) is 8.66. The maximum absolute atomic E-state index is 12.3. The van der Waals surface area contributed by atoms with E-state index in [4.69, 9.17) is 0 Å². The number of imide groups is 1. The fraction of sp³-hybridized carbons (Fsp3) is 0.250. The van der Waals surface area contributed by atoms with Gasteiger partial charge < -0.3 is 10.1 Å². The largest absolute Gasteiger partial charge is 0.435 e. The van der Waals surface area contributed by atoms with Gasteiger partial charge in [0.15, 0.2) is 0 Å². The third-order valence-electron chi connectivity index (χ3n) is 4.40. The molecule has 0 saturated heterocycles. The van der Waals surface area contributed by atoms with Gasteiger partial charge in [0.2, 0.25) is 5.91 Å². The number of ether oxygens (including phenoxy) is 1. The van der Waals surface area contributed by atoms with Crippen LogP contribution in [0.4, 0.5) is 8.78 Å². The molecule has 1 unspecified atom stereocenters. The zero-order chi connectivity index (χ0) is 20.3. The topological polar surface area (TPSA) is 75.7 Å². The van der Waals surface area contributed by atoms with Crippen LogP contribution in [0.5, 0.6) is 5.75 Å². The Hall–Kier alpha value is -3.29. The van der Waals surface area contributed by atoms with Crippen molar-refractivity contribution in [2.45, 2.75) is 26.0 Å². The van der Waals surface area contributed by atoms with Crippen LogP contribution in [0.2, 0.25) is 0 Å². The Bertz CT molecular complexity index is 882. The van der Waals surface area contributed by atoms with E-state index in [9.17, 15) is 23.2 Å². The quantitative estimate of drug-likeness (QED) is 0.740. The highest BCUT2D eigenvalue weighted by Crippen LogP contribution is 2.23. The number of nitrogens with zero attached hydrogens (tertiary/aromatic N) is 1. The van der Waals surface area contributed by atoms with E-state index >= 15 is 0 Å². The molecule has 1 aliphatic heterocycles. The minimum absolute atomic E-state index is 0.000349. The zero-order valence-electron chi connectivity index (χ0n) is 15.0. The predicted molar refractivity (Wildman–Crippen MR) is 96.1 cm³/mol. The molecule has 2 aromatic carbocycles. The molecule has 28 heavy (non-hydrogen) atoms. The highest BCUT2D eigenvalue weighted by atomic mass is 19.3. The molecule has 3 rings (SSSR count). The van der Waals surface area contributed by atoms with Gasteiger partial charge in [0.1, 0.15) is 5.75 Å². The van der Waals surface area contributed by atoms with Crippen LogP contribution >= 0.6 is 0 Å². The second-order valence-electron chi connectivity index (χ2n) is 6.30. The van der Waals surface area contributed by atoms with Crippen LogP contribution in [0.25, 0.3) is 0 Å². The van der Waals surface area contributed by atoms with Gasteiger partial charge in [-0.3, -0.25) is 19.3 Å². The number of halogens is 2. The average molecular weight is 388 g/mol. The minimum atomic E-state index is -2.93. The van der Waals surface area contributed by atoms with Crippen molar-refractivity contribution < 1.29 is 27.9 Å². The summed E-state index contributed by atoms with van der Waals surface area (Å²) >= 11 is 0. The highest BCUT2D eigenvalue weighted by Gasteiger charge is 2.35. The molecule has 0 radical (unpaired) electrons. The van der Waals surface area contributed by atoms with Crippen molar-refractivity contribution in [1.82, 2.24) is 10.2 Å². The van der Waals surface area contributed by atoms with Gasteiger partial charge in [-0.15, -0.1) is 0 Å². The molecule has 8 heteroatoms. The molecule has 1 aliphatic rings. The molecule has 146 valence electrons. The molecule has 0 spiro atoms. The lowest BCUT2D eigenvalue weighted by Crippen LogP contribution is -2.35. The molecule has 1 atom stereocenters. The summed E-state index contributed by atoms with van der Waals surface area (Å²) in [6.45, 7) is -1.28. The van der Waals surface area contributed by atoms with E-state index in [2.05, 4.69) is 10.1 Å². The summed E-state index contributed by atoms with van der Waals surface area (Å²) in [6.07, 6.45) is -0.0664. The van der Waals surface area contributed by atoms with Crippen molar-refractivity contribution in [2.75, 3.05) is 6.54 Å². The number of hydrogen-bond acceptors (Lipinski definition) is 4. The molecule has 0 bridgehead atoms. The van der Waals surface area contributed by atoms with Crippen LogP contribution in [0.15, 0.2) is 48.5 Å². The molecule has 0 saturated carbocycles. The van der Waals surface area contributed by atoms with Gasteiger partial charge in [-0.2, -0.15) is 8.78 Å². The van der Waals surface area contributed by atoms with Crippen LogP contribution in [-0.4, -0.2) is 35.8 Å². The number of nitrogens with one attached hydrogen (secondary N) is 1. The normalized spacial score (nSPS) is 14.2. The maximum atomic E-state index is 12.3. The van der Waals surface area contributed by atoms with Crippen molar-refractivity contribution in [1.29, 1.82) is 0 Å². The molecule has 3 amide bonds. The zero-order valence-corrected chi connectivity index (χ0v) is 15.0. The minimum Gasteiger partial charge on any atom is -0.435 e. The summed E-state index contributed by atoms with van der Waals surface area (Å²) in [7, 11) is 0. The van der Waals surface area contributed by atoms with Gasteiger partial charge in [0.25, 0.3) is 11.8 Å². The van der Waals surface area contributed by atoms with E-state index in [1.807, 2.05) is 0 Å². The lowest BCUT2D eigenvalue weighted by molar-refractivity contribution is -0.121. The third-order valence-corrected chi connectivity index (χ3v) is 4.40. The van der Waals surface area contributed by atoms with Gasteiger partial charge in [0, 0.05) is 13.0 Å². The second-order valence-corrected chi connectivity index (χ2v) is 6.30. The summed E-state index contributed by atoms with van der Waals surface area (Å²) < 4.78 is 29.0. The number of benzene rings is 2. The fourth-order valence-corrected chi connectivity index (χ4v) is 3.01. The lowest BCUT2D eigenvalue weighted by Gasteiger charge is -2.17. The van der Waals surface area contributed by atoms with Crippen LogP contribution in [0.3, 0.4) is 0 Å². The summed E-state index contributed by atoms with van der Waals surface area (Å²) in [6, 6.07) is 12.1. The Morgan fingerprint density at radius 2 is 1.71 bits per heavy atom. The van der Waals surface area contributed by atoms with Crippen LogP contribution < -0.4 is 10.1 Å². The number of amides is 3. The standard InChI is InChI=1S/C20H18F2N2O4/c1-12(13-5-4-6-14(11-13)28-20(21)22)23-17(25)9-10-24-18(26)15-7-2-3-8-16(15)19(24)27/h2-8,11-12,20H,9-10H2,1H3,(H,23,25). The Labute approximate surface area is 160 Å². The molecule has 0 aromatic heterocycles. The molecular formula is C20H18F2N2O4. The highest BCUT2D eigenvalue weighted by molar-refractivity contribution is 6.21. The van der Waals surface area contributed by atoms with Gasteiger partial charge in [0.05, 0.1) is 17.2 Å². The Morgan fingerprint density at radius 1 is 1.07 bits per heavy atom. The molecule has 1 heterocycles. The van der Waals surface area contributed by atoms with Gasteiger partial charge in [-0.1, -0.05) is 24.3 Å². The van der Waals surface area contributed by atoms with Crippen molar-refractivity contribution in [3.8, 4) is 5.75 Å². The van der Waals surface area contributed by atoms with Crippen molar-refractivity contribution in [3.05, 3.63) is 65.2 Å². The van der Waals surface area contributed by atoms with Crippen LogP contribution in [0.1, 0.15) is 45.7 Å². The molecule has 0 fully saturated rings. The van der Waals surface area contributed by atoms with E-state index in [1.165, 1.54) is 12.1 Å². The number of carbonyl (C=O) groups excluding carboxylic acids is 3. The van der Waals surface area contributed by atoms with E-state index in [1.54, 1.807) is 43.3 Å². The molecule has 0 aliphatic carbocycles. The SMILES string of the molecule is CC(NC(=O)CCN1C(=O)c2ccccc2C1=O)c1cccc(OC(F)F)c1. The first kappa shape index (κ1) is 19.5. The average Bonchev–Trinajstić information content (AvgIpc) is 2.90. The van der Waals surface area contributed by atoms with E-state index in [-0.39, 0.29) is 24.6 Å². The van der Waals surface area contributed by atoms with Crippen molar-refractivity contribution >= 4 is 17.7 Å². The predicted octanol–water partition coefficient (Wildman–Crippen LogP) is 3.15. The Kier molecular flexibility index (Phi) is 5.67. The third kappa shape index (κ3) is 4.16. The number of alkyl halides is 2. The number of fused-ring (bicyclic) bond motifs is 1. The van der Waals surface area contributed by atoms with Crippen LogP contribution in [-0.2, 0) is 4.79 Å². The molecule has 2 aromatic rings. The van der Waals surface area contributed by atoms with Crippen molar-refractivity contribution in [2.24, 2.45) is 0 Å². The first-order chi connectivity index (χ1) is 13.4. The number of hydrogen-bond donors (Lipinski definition) is 1. The van der Waals surface area contributed by atoms with Crippen LogP contribution in [0, 0.1) is 0 Å². The van der Waals surface area contributed by atoms with Gasteiger partial charge in [-0.05, 0) is 36.8 Å². The maximum Gasteiger partial charge on any atom is 0.387 e. The Morgan fingerprint density at radius 3 is 2.32 bits per heavy atom. The fourth-order valence-electron chi connectivity index (χ4n) is 3.01. The molecular weight excluding hydrogens is 370 g/mol. The Balaban J connectivity index is 1.56. The summed E-state index contributed by atoms with van der Waals surface area (Å²) in [4.78, 5) is 37.8. The number of carbonyl (C=O) groups is 3. The second kappa shape index (κ2) is 8.16. The summed E-state index contributed by atoms with van der Waals surface area (Å²) in [5.41, 5.74) is 1.25. The van der Waals surface area contributed by atoms with E-state index in [0.29, 0.717) is 16.7 Å². The first-order valence-corrected chi connectivity index (χ1v) is 8.66. The lowest BCUT2D eigenvalue weighted by atomic mass is 10.1.